The second kappa shape index (κ2) is 7.22. The molecule has 1 saturated heterocycles. The van der Waals surface area contributed by atoms with Crippen LogP contribution in [0.25, 0.3) is 0 Å². The minimum atomic E-state index is -1.30. The number of methoxy groups -OCH3 is 1. The minimum Gasteiger partial charge on any atom is -0.497 e. The Balaban J connectivity index is 1.72. The van der Waals surface area contributed by atoms with Crippen LogP contribution in [0.4, 0.5) is 0 Å². The smallest absolute Gasteiger partial charge is 0.352 e. The number of aliphatic hydroxyl groups is 2. The first-order valence-electron chi connectivity index (χ1n) is 7.85. The highest BCUT2D eigenvalue weighted by Crippen LogP contribution is 2.27. The van der Waals surface area contributed by atoms with Gasteiger partial charge in [-0.15, -0.1) is 0 Å². The maximum absolute atomic E-state index is 12.2. The topological polar surface area (TPSA) is 103 Å². The molecule has 0 bridgehead atoms. The van der Waals surface area contributed by atoms with Gasteiger partial charge >= 0.3 is 5.69 Å². The van der Waals surface area contributed by atoms with Crippen molar-refractivity contribution in [2.75, 3.05) is 7.11 Å². The summed E-state index contributed by atoms with van der Waals surface area (Å²) in [5, 5.41) is 19.0. The summed E-state index contributed by atoms with van der Waals surface area (Å²) >= 11 is 0. The Morgan fingerprint density at radius 3 is 2.64 bits per heavy atom. The zero-order valence-corrected chi connectivity index (χ0v) is 14.0. The summed E-state index contributed by atoms with van der Waals surface area (Å²) in [6.07, 6.45) is -1.41. The van der Waals surface area contributed by atoms with Crippen LogP contribution in [-0.2, 0) is 11.3 Å². The Labute approximate surface area is 144 Å². The highest BCUT2D eigenvalue weighted by Gasteiger charge is 2.34. The molecule has 2 N–H and O–H groups in total. The fourth-order valence-corrected chi connectivity index (χ4v) is 2.59. The third-order valence-electron chi connectivity index (χ3n) is 4.00. The molecule has 0 radical (unpaired) electrons. The predicted octanol–water partition coefficient (Wildman–Crippen LogP) is 0.738. The molecule has 25 heavy (non-hydrogen) atoms. The molecule has 2 aromatic rings. The summed E-state index contributed by atoms with van der Waals surface area (Å²) in [7, 11) is 1.60. The van der Waals surface area contributed by atoms with E-state index >= 15 is 0 Å². The molecule has 1 aromatic carbocycles. The van der Waals surface area contributed by atoms with Crippen LogP contribution < -0.4 is 15.2 Å². The lowest BCUT2D eigenvalue weighted by atomic mass is 10.2. The van der Waals surface area contributed by atoms with Crippen LogP contribution in [0.2, 0.25) is 0 Å². The van der Waals surface area contributed by atoms with Gasteiger partial charge in [0.2, 0.25) is 5.88 Å². The molecule has 8 heteroatoms. The van der Waals surface area contributed by atoms with Crippen molar-refractivity contribution < 1.29 is 24.4 Å². The van der Waals surface area contributed by atoms with E-state index in [0.29, 0.717) is 5.56 Å². The molecule has 134 valence electrons. The van der Waals surface area contributed by atoms with E-state index in [-0.39, 0.29) is 18.9 Å². The summed E-state index contributed by atoms with van der Waals surface area (Å²) in [5.74, 6) is 0.984. The van der Waals surface area contributed by atoms with E-state index in [4.69, 9.17) is 14.2 Å². The van der Waals surface area contributed by atoms with Gasteiger partial charge < -0.3 is 24.4 Å². The highest BCUT2D eigenvalue weighted by atomic mass is 16.6. The minimum absolute atomic E-state index is 0.119. The van der Waals surface area contributed by atoms with Gasteiger partial charge in [-0.1, -0.05) is 12.1 Å². The highest BCUT2D eigenvalue weighted by molar-refractivity contribution is 5.27. The van der Waals surface area contributed by atoms with E-state index in [1.54, 1.807) is 20.2 Å². The molecule has 2 heterocycles. The number of aryl methyl sites for hydroxylation is 1. The molecule has 3 rings (SSSR count). The standard InChI is InChI=1S/C17H20N2O6/c1-10-8-19(14-7-13(20)16(21)25-14)17(22)18-15(10)24-9-11-3-5-12(23-2)6-4-11/h3-6,8,13-14,16,20-21H,7,9H2,1-2H3/t13?,14-,16+/m1/s1. The fourth-order valence-electron chi connectivity index (χ4n) is 2.59. The lowest BCUT2D eigenvalue weighted by Gasteiger charge is -2.15. The van der Waals surface area contributed by atoms with Gasteiger partial charge in [-0.3, -0.25) is 4.57 Å². The van der Waals surface area contributed by atoms with Crippen molar-refractivity contribution in [3.8, 4) is 11.6 Å². The van der Waals surface area contributed by atoms with Gasteiger partial charge in [0, 0.05) is 18.2 Å². The number of benzene rings is 1. The molecular formula is C17H20N2O6. The molecule has 1 aliphatic rings. The zero-order chi connectivity index (χ0) is 18.0. The van der Waals surface area contributed by atoms with E-state index in [1.807, 2.05) is 24.3 Å². The Morgan fingerprint density at radius 2 is 2.04 bits per heavy atom. The van der Waals surface area contributed by atoms with Gasteiger partial charge in [0.05, 0.1) is 7.11 Å². The largest absolute Gasteiger partial charge is 0.497 e. The van der Waals surface area contributed by atoms with Crippen molar-refractivity contribution in [2.24, 2.45) is 0 Å². The second-order valence-electron chi connectivity index (χ2n) is 5.84. The normalized spacial score (nSPS) is 22.8. The van der Waals surface area contributed by atoms with Gasteiger partial charge in [0.25, 0.3) is 0 Å². The average Bonchev–Trinajstić information content (AvgIpc) is 2.94. The lowest BCUT2D eigenvalue weighted by molar-refractivity contribution is -0.142. The van der Waals surface area contributed by atoms with Crippen LogP contribution in [-0.4, -0.2) is 39.3 Å². The molecule has 3 atom stereocenters. The Morgan fingerprint density at radius 1 is 1.32 bits per heavy atom. The first-order valence-corrected chi connectivity index (χ1v) is 7.85. The predicted molar refractivity (Wildman–Crippen MR) is 87.3 cm³/mol. The molecule has 1 fully saturated rings. The fraction of sp³-hybridized carbons (Fsp3) is 0.412. The number of rotatable bonds is 5. The zero-order valence-electron chi connectivity index (χ0n) is 14.0. The van der Waals surface area contributed by atoms with Crippen molar-refractivity contribution in [2.45, 2.75) is 38.6 Å². The summed E-state index contributed by atoms with van der Waals surface area (Å²) in [6.45, 7) is 2.02. The van der Waals surface area contributed by atoms with Crippen molar-refractivity contribution in [1.82, 2.24) is 9.55 Å². The quantitative estimate of drug-likeness (QED) is 0.821. The van der Waals surface area contributed by atoms with Gasteiger partial charge in [-0.2, -0.15) is 4.98 Å². The molecule has 0 aliphatic carbocycles. The molecule has 8 nitrogen and oxygen atoms in total. The molecule has 0 saturated carbocycles. The molecule has 1 aliphatic heterocycles. The van der Waals surface area contributed by atoms with Gasteiger partial charge in [-0.25, -0.2) is 4.79 Å². The van der Waals surface area contributed by atoms with Gasteiger partial charge in [0.1, 0.15) is 24.7 Å². The van der Waals surface area contributed by atoms with Crippen LogP contribution in [0.3, 0.4) is 0 Å². The average molecular weight is 348 g/mol. The van der Waals surface area contributed by atoms with Gasteiger partial charge in [0.15, 0.2) is 6.29 Å². The second-order valence-corrected chi connectivity index (χ2v) is 5.84. The SMILES string of the molecule is COc1ccc(COc2nc(=O)n([C@H]3CC(O)[C@@H](O)O3)cc2C)cc1. The van der Waals surface area contributed by atoms with E-state index in [0.717, 1.165) is 11.3 Å². The third-order valence-corrected chi connectivity index (χ3v) is 4.00. The molecular weight excluding hydrogens is 328 g/mol. The number of nitrogens with zero attached hydrogens (tertiary/aromatic N) is 2. The summed E-state index contributed by atoms with van der Waals surface area (Å²) in [6, 6.07) is 7.38. The Bertz CT molecular complexity index is 779. The summed E-state index contributed by atoms with van der Waals surface area (Å²) in [5.41, 5.74) is 0.991. The van der Waals surface area contributed by atoms with Crippen molar-refractivity contribution >= 4 is 0 Å². The van der Waals surface area contributed by atoms with Crippen molar-refractivity contribution in [3.63, 3.8) is 0 Å². The number of aromatic nitrogens is 2. The number of aliphatic hydroxyl groups excluding tert-OH is 2. The Hall–Kier alpha value is -2.42. The molecule has 0 spiro atoms. The monoisotopic (exact) mass is 348 g/mol. The van der Waals surface area contributed by atoms with Crippen molar-refractivity contribution in [1.29, 1.82) is 0 Å². The number of hydrogen-bond acceptors (Lipinski definition) is 7. The molecule has 1 aromatic heterocycles. The first kappa shape index (κ1) is 17.4. The van der Waals surface area contributed by atoms with E-state index < -0.39 is 24.3 Å². The van der Waals surface area contributed by atoms with Crippen LogP contribution in [0, 0.1) is 6.92 Å². The summed E-state index contributed by atoms with van der Waals surface area (Å²) in [4.78, 5) is 16.1. The molecule has 0 amide bonds. The van der Waals surface area contributed by atoms with E-state index in [1.165, 1.54) is 4.57 Å². The van der Waals surface area contributed by atoms with Crippen molar-refractivity contribution in [3.05, 3.63) is 52.1 Å². The molecule has 1 unspecified atom stereocenters. The van der Waals surface area contributed by atoms with E-state index in [2.05, 4.69) is 4.98 Å². The van der Waals surface area contributed by atoms with Crippen LogP contribution >= 0.6 is 0 Å². The van der Waals surface area contributed by atoms with Gasteiger partial charge in [-0.05, 0) is 24.6 Å². The number of ether oxygens (including phenoxy) is 3. The third kappa shape index (κ3) is 3.81. The van der Waals surface area contributed by atoms with E-state index in [9.17, 15) is 15.0 Å². The first-order chi connectivity index (χ1) is 12.0. The van der Waals surface area contributed by atoms with Crippen LogP contribution in [0.5, 0.6) is 11.6 Å². The Kier molecular flexibility index (Phi) is 5.03. The number of hydrogen-bond donors (Lipinski definition) is 2. The summed E-state index contributed by atoms with van der Waals surface area (Å²) < 4.78 is 17.1. The maximum atomic E-state index is 12.2. The maximum Gasteiger partial charge on any atom is 0.352 e. The van der Waals surface area contributed by atoms with Crippen LogP contribution in [0.15, 0.2) is 35.3 Å². The lowest BCUT2D eigenvalue weighted by Crippen LogP contribution is -2.28. The van der Waals surface area contributed by atoms with Crippen LogP contribution in [0.1, 0.15) is 23.8 Å².